The predicted molar refractivity (Wildman–Crippen MR) is 93.2 cm³/mol. The molecule has 0 fully saturated rings. The molecule has 0 aromatic carbocycles. The third-order valence-electron chi connectivity index (χ3n) is 3.21. The molecule has 4 nitrogen and oxygen atoms in total. The minimum atomic E-state index is -0.0859. The number of rotatable bonds is 13. The average Bonchev–Trinajstić information content (AvgIpc) is 2.50. The van der Waals surface area contributed by atoms with Crippen molar-refractivity contribution in [3.63, 3.8) is 0 Å². The van der Waals surface area contributed by atoms with Gasteiger partial charge in [0.15, 0.2) is 0 Å². The molecular weight excluding hydrogens is 280 g/mol. The molecular formula is C18H40O4. The molecule has 0 aliphatic rings. The largest absolute Gasteiger partial charge is 0.396 e. The van der Waals surface area contributed by atoms with Crippen molar-refractivity contribution in [1.29, 1.82) is 0 Å². The Morgan fingerprint density at radius 1 is 0.818 bits per heavy atom. The molecule has 0 amide bonds. The minimum absolute atomic E-state index is 0.0711. The van der Waals surface area contributed by atoms with Crippen LogP contribution >= 0.6 is 0 Å². The van der Waals surface area contributed by atoms with Gasteiger partial charge in [-0.3, -0.25) is 0 Å². The molecule has 22 heavy (non-hydrogen) atoms. The molecule has 0 aromatic rings. The number of hydrogen-bond donors (Lipinski definition) is 2. The Morgan fingerprint density at radius 3 is 2.00 bits per heavy atom. The lowest BCUT2D eigenvalue weighted by atomic mass is 10.1. The van der Waals surface area contributed by atoms with Crippen LogP contribution < -0.4 is 0 Å². The molecule has 0 saturated carbocycles. The zero-order chi connectivity index (χ0) is 17.2. The molecule has 0 aromatic heterocycles. The van der Waals surface area contributed by atoms with Gasteiger partial charge < -0.3 is 19.7 Å². The Bertz CT molecular complexity index is 198. The normalized spacial score (nSPS) is 13.6. The Labute approximate surface area is 138 Å². The van der Waals surface area contributed by atoms with Gasteiger partial charge >= 0.3 is 0 Å². The van der Waals surface area contributed by atoms with Gasteiger partial charge in [-0.15, -0.1) is 0 Å². The number of aliphatic hydroxyl groups excluding tert-OH is 2. The van der Waals surface area contributed by atoms with Crippen molar-refractivity contribution >= 4 is 0 Å². The van der Waals surface area contributed by atoms with Crippen LogP contribution in [-0.4, -0.2) is 48.8 Å². The number of ether oxygens (including phenoxy) is 2. The van der Waals surface area contributed by atoms with Gasteiger partial charge in [0.25, 0.3) is 0 Å². The molecule has 0 spiro atoms. The molecule has 0 bridgehead atoms. The van der Waals surface area contributed by atoms with Crippen LogP contribution in [0.3, 0.4) is 0 Å². The lowest BCUT2D eigenvalue weighted by molar-refractivity contribution is -0.0457. The maximum absolute atomic E-state index is 8.70. The summed E-state index contributed by atoms with van der Waals surface area (Å²) >= 11 is 0. The second-order valence-electron chi connectivity index (χ2n) is 6.33. The molecule has 0 radical (unpaired) electrons. The standard InChI is InChI=1S/C10H22O3.C8H18O/c1-4-5-6-12-10(3)8-13-9(2)7-11;1-8(2)6-4-3-5-7-9/h9-11H,4-8H2,1-3H3;8-9H,3-7H2,1-2H3. The van der Waals surface area contributed by atoms with E-state index < -0.39 is 0 Å². The van der Waals surface area contributed by atoms with Crippen LogP contribution in [0.2, 0.25) is 0 Å². The van der Waals surface area contributed by atoms with Crippen molar-refractivity contribution in [1.82, 2.24) is 0 Å². The van der Waals surface area contributed by atoms with Crippen molar-refractivity contribution in [2.75, 3.05) is 26.4 Å². The van der Waals surface area contributed by atoms with E-state index >= 15 is 0 Å². The van der Waals surface area contributed by atoms with Gasteiger partial charge in [-0.25, -0.2) is 0 Å². The van der Waals surface area contributed by atoms with E-state index in [-0.39, 0.29) is 18.8 Å². The van der Waals surface area contributed by atoms with Gasteiger partial charge in [0.05, 0.1) is 25.4 Å². The number of hydrogen-bond acceptors (Lipinski definition) is 4. The summed E-state index contributed by atoms with van der Waals surface area (Å²) in [5.41, 5.74) is 0. The monoisotopic (exact) mass is 320 g/mol. The molecule has 0 saturated heterocycles. The van der Waals surface area contributed by atoms with Gasteiger partial charge in [0.2, 0.25) is 0 Å². The average molecular weight is 321 g/mol. The van der Waals surface area contributed by atoms with Crippen molar-refractivity contribution in [3.8, 4) is 0 Å². The SMILES string of the molecule is CC(C)CCCCCO.CCCCOC(C)COC(C)CO. The number of aliphatic hydroxyl groups is 2. The van der Waals surface area contributed by atoms with Crippen molar-refractivity contribution in [3.05, 3.63) is 0 Å². The maximum Gasteiger partial charge on any atom is 0.0780 e. The van der Waals surface area contributed by atoms with E-state index in [2.05, 4.69) is 20.8 Å². The summed E-state index contributed by atoms with van der Waals surface area (Å²) in [5, 5.41) is 17.1. The quantitative estimate of drug-likeness (QED) is 0.507. The lowest BCUT2D eigenvalue weighted by Gasteiger charge is -2.15. The highest BCUT2D eigenvalue weighted by atomic mass is 16.5. The second kappa shape index (κ2) is 18.9. The second-order valence-corrected chi connectivity index (χ2v) is 6.33. The Morgan fingerprint density at radius 2 is 1.50 bits per heavy atom. The van der Waals surface area contributed by atoms with E-state index in [1.807, 2.05) is 13.8 Å². The van der Waals surface area contributed by atoms with Gasteiger partial charge in [0.1, 0.15) is 0 Å². The third kappa shape index (κ3) is 22.1. The fourth-order valence-corrected chi connectivity index (χ4v) is 1.67. The summed E-state index contributed by atoms with van der Waals surface area (Å²) in [6, 6.07) is 0. The lowest BCUT2D eigenvalue weighted by Crippen LogP contribution is -2.22. The van der Waals surface area contributed by atoms with Crippen LogP contribution in [0.15, 0.2) is 0 Å². The fraction of sp³-hybridized carbons (Fsp3) is 1.00. The first kappa shape index (κ1) is 24.1. The van der Waals surface area contributed by atoms with E-state index in [9.17, 15) is 0 Å². The highest BCUT2D eigenvalue weighted by molar-refractivity contribution is 4.51. The van der Waals surface area contributed by atoms with Crippen LogP contribution in [-0.2, 0) is 9.47 Å². The first-order chi connectivity index (χ1) is 10.5. The predicted octanol–water partition coefficient (Wildman–Crippen LogP) is 3.78. The zero-order valence-corrected chi connectivity index (χ0v) is 15.5. The molecule has 136 valence electrons. The first-order valence-corrected chi connectivity index (χ1v) is 8.92. The summed E-state index contributed by atoms with van der Waals surface area (Å²) < 4.78 is 10.8. The highest BCUT2D eigenvalue weighted by Gasteiger charge is 2.05. The molecule has 0 aliphatic heterocycles. The van der Waals surface area contributed by atoms with E-state index in [1.165, 1.54) is 19.3 Å². The van der Waals surface area contributed by atoms with Crippen LogP contribution in [0.1, 0.15) is 73.1 Å². The van der Waals surface area contributed by atoms with Crippen molar-refractivity contribution < 1.29 is 19.7 Å². The topological polar surface area (TPSA) is 58.9 Å². The van der Waals surface area contributed by atoms with Crippen LogP contribution in [0, 0.1) is 5.92 Å². The number of unbranched alkanes of at least 4 members (excludes halogenated alkanes) is 3. The van der Waals surface area contributed by atoms with E-state index in [0.29, 0.717) is 13.2 Å². The highest BCUT2D eigenvalue weighted by Crippen LogP contribution is 2.07. The third-order valence-corrected chi connectivity index (χ3v) is 3.21. The van der Waals surface area contributed by atoms with Crippen molar-refractivity contribution in [2.24, 2.45) is 5.92 Å². The molecule has 0 heterocycles. The molecule has 4 heteroatoms. The first-order valence-electron chi connectivity index (χ1n) is 8.92. The Hall–Kier alpha value is -0.160. The van der Waals surface area contributed by atoms with Crippen LogP contribution in [0.25, 0.3) is 0 Å². The van der Waals surface area contributed by atoms with Crippen LogP contribution in [0.4, 0.5) is 0 Å². The smallest absolute Gasteiger partial charge is 0.0780 e. The van der Waals surface area contributed by atoms with Crippen LogP contribution in [0.5, 0.6) is 0 Å². The van der Waals surface area contributed by atoms with Gasteiger partial charge in [0, 0.05) is 13.2 Å². The van der Waals surface area contributed by atoms with Gasteiger partial charge in [-0.2, -0.15) is 0 Å². The molecule has 2 atom stereocenters. The zero-order valence-electron chi connectivity index (χ0n) is 15.5. The van der Waals surface area contributed by atoms with E-state index in [0.717, 1.165) is 31.8 Å². The Kier molecular flexibility index (Phi) is 20.7. The van der Waals surface area contributed by atoms with Crippen molar-refractivity contribution in [2.45, 2.75) is 85.4 Å². The fourth-order valence-electron chi connectivity index (χ4n) is 1.67. The van der Waals surface area contributed by atoms with E-state index in [4.69, 9.17) is 19.7 Å². The molecule has 2 N–H and O–H groups in total. The summed E-state index contributed by atoms with van der Waals surface area (Å²) in [4.78, 5) is 0. The summed E-state index contributed by atoms with van der Waals surface area (Å²) in [5.74, 6) is 0.823. The van der Waals surface area contributed by atoms with Gasteiger partial charge in [-0.1, -0.05) is 46.5 Å². The van der Waals surface area contributed by atoms with Gasteiger partial charge in [-0.05, 0) is 32.6 Å². The molecule has 2 unspecified atom stereocenters. The molecule has 0 aliphatic carbocycles. The Balaban J connectivity index is 0. The molecule has 0 rings (SSSR count). The minimum Gasteiger partial charge on any atom is -0.396 e. The van der Waals surface area contributed by atoms with E-state index in [1.54, 1.807) is 0 Å². The summed E-state index contributed by atoms with van der Waals surface area (Å²) in [7, 11) is 0. The summed E-state index contributed by atoms with van der Waals surface area (Å²) in [6.45, 7) is 12.2. The maximum atomic E-state index is 8.70. The summed E-state index contributed by atoms with van der Waals surface area (Å²) in [6.07, 6.45) is 7.04.